The summed E-state index contributed by atoms with van der Waals surface area (Å²) in [5, 5.41) is 0. The van der Waals surface area contributed by atoms with Crippen LogP contribution in [0, 0.1) is 17.6 Å². The van der Waals surface area contributed by atoms with Crippen molar-refractivity contribution in [3.63, 3.8) is 0 Å². The van der Waals surface area contributed by atoms with Gasteiger partial charge in [-0.05, 0) is 43.9 Å². The molecule has 1 aliphatic heterocycles. The summed E-state index contributed by atoms with van der Waals surface area (Å²) in [6.07, 6.45) is 2.42. The highest BCUT2D eigenvalue weighted by Crippen LogP contribution is 2.26. The van der Waals surface area contributed by atoms with Gasteiger partial charge in [0.1, 0.15) is 11.6 Å². The lowest BCUT2D eigenvalue weighted by molar-refractivity contribution is 0.258. The summed E-state index contributed by atoms with van der Waals surface area (Å²) in [5.41, 5.74) is 5.50. The zero-order chi connectivity index (χ0) is 14.8. The minimum atomic E-state index is -3.85. The maximum atomic E-state index is 13.2. The third kappa shape index (κ3) is 3.34. The van der Waals surface area contributed by atoms with E-state index in [1.165, 1.54) is 4.31 Å². The Balaban J connectivity index is 2.25. The van der Waals surface area contributed by atoms with Crippen LogP contribution in [0.5, 0.6) is 0 Å². The second kappa shape index (κ2) is 6.15. The summed E-state index contributed by atoms with van der Waals surface area (Å²) in [6.45, 7) is 1.24. The monoisotopic (exact) mass is 304 g/mol. The number of halogens is 2. The molecule has 0 amide bonds. The molecular formula is C13H18F2N2O2S. The van der Waals surface area contributed by atoms with Gasteiger partial charge < -0.3 is 5.73 Å². The Labute approximate surface area is 117 Å². The first-order valence-electron chi connectivity index (χ1n) is 6.60. The molecule has 112 valence electrons. The molecule has 1 heterocycles. The van der Waals surface area contributed by atoms with Crippen molar-refractivity contribution in [3.8, 4) is 0 Å². The molecule has 7 heteroatoms. The molecule has 1 aliphatic rings. The average molecular weight is 304 g/mol. The molecule has 1 aromatic carbocycles. The largest absolute Gasteiger partial charge is 0.330 e. The number of piperidine rings is 1. The van der Waals surface area contributed by atoms with Gasteiger partial charge >= 0.3 is 0 Å². The highest BCUT2D eigenvalue weighted by Gasteiger charge is 2.30. The maximum absolute atomic E-state index is 13.2. The molecule has 1 atom stereocenters. The Kier molecular flexibility index (Phi) is 4.72. The van der Waals surface area contributed by atoms with Crippen LogP contribution in [0.1, 0.15) is 19.3 Å². The van der Waals surface area contributed by atoms with E-state index in [0.29, 0.717) is 25.7 Å². The smallest absolute Gasteiger partial charge is 0.243 e. The van der Waals surface area contributed by atoms with Crippen molar-refractivity contribution in [2.75, 3.05) is 19.6 Å². The van der Waals surface area contributed by atoms with E-state index >= 15 is 0 Å². The van der Waals surface area contributed by atoms with Crippen LogP contribution in [0.2, 0.25) is 0 Å². The van der Waals surface area contributed by atoms with E-state index in [1.54, 1.807) is 0 Å². The van der Waals surface area contributed by atoms with E-state index in [2.05, 4.69) is 0 Å². The fourth-order valence-electron chi connectivity index (χ4n) is 2.54. The third-order valence-corrected chi connectivity index (χ3v) is 5.37. The molecule has 1 aromatic rings. The molecule has 1 fully saturated rings. The number of hydrogen-bond acceptors (Lipinski definition) is 3. The lowest BCUT2D eigenvalue weighted by Crippen LogP contribution is -2.40. The molecule has 0 aromatic heterocycles. The van der Waals surface area contributed by atoms with Crippen LogP contribution in [0.3, 0.4) is 0 Å². The van der Waals surface area contributed by atoms with Crippen LogP contribution >= 0.6 is 0 Å². The molecule has 1 saturated heterocycles. The standard InChI is InChI=1S/C13H18F2N2O2S/c14-11-6-12(15)8-13(7-11)20(18,19)17-5-1-2-10(9-17)3-4-16/h6-8,10H,1-5,9,16H2. The van der Waals surface area contributed by atoms with Crippen LogP contribution in [0.25, 0.3) is 0 Å². The first-order valence-corrected chi connectivity index (χ1v) is 8.04. The number of nitrogens with two attached hydrogens (primary N) is 1. The van der Waals surface area contributed by atoms with Gasteiger partial charge in [-0.2, -0.15) is 4.31 Å². The van der Waals surface area contributed by atoms with Gasteiger partial charge in [-0.25, -0.2) is 17.2 Å². The predicted octanol–water partition coefficient (Wildman–Crippen LogP) is 1.71. The predicted molar refractivity (Wildman–Crippen MR) is 71.5 cm³/mol. The highest BCUT2D eigenvalue weighted by molar-refractivity contribution is 7.89. The number of benzene rings is 1. The second-order valence-corrected chi connectivity index (χ2v) is 6.99. The molecule has 0 bridgehead atoms. The summed E-state index contributed by atoms with van der Waals surface area (Å²) >= 11 is 0. The highest BCUT2D eigenvalue weighted by atomic mass is 32.2. The molecule has 2 rings (SSSR count). The van der Waals surface area contributed by atoms with Crippen molar-refractivity contribution in [1.82, 2.24) is 4.31 Å². The van der Waals surface area contributed by atoms with Crippen molar-refractivity contribution in [2.24, 2.45) is 11.7 Å². The van der Waals surface area contributed by atoms with Crippen LogP contribution in [0.4, 0.5) is 8.78 Å². The SMILES string of the molecule is NCCC1CCCN(S(=O)(=O)c2cc(F)cc(F)c2)C1. The minimum absolute atomic E-state index is 0.210. The molecule has 4 nitrogen and oxygen atoms in total. The minimum Gasteiger partial charge on any atom is -0.330 e. The lowest BCUT2D eigenvalue weighted by Gasteiger charge is -2.31. The summed E-state index contributed by atoms with van der Waals surface area (Å²) in [5.74, 6) is -1.57. The van der Waals surface area contributed by atoms with E-state index in [1.807, 2.05) is 0 Å². The molecular weight excluding hydrogens is 286 g/mol. The van der Waals surface area contributed by atoms with E-state index in [0.717, 1.165) is 31.4 Å². The molecule has 0 saturated carbocycles. The molecule has 20 heavy (non-hydrogen) atoms. The number of rotatable bonds is 4. The van der Waals surface area contributed by atoms with E-state index < -0.39 is 21.7 Å². The van der Waals surface area contributed by atoms with Gasteiger partial charge in [0.15, 0.2) is 0 Å². The van der Waals surface area contributed by atoms with Crippen molar-refractivity contribution in [3.05, 3.63) is 29.8 Å². The van der Waals surface area contributed by atoms with Crippen molar-refractivity contribution in [1.29, 1.82) is 0 Å². The molecule has 0 radical (unpaired) electrons. The second-order valence-electron chi connectivity index (χ2n) is 5.05. The number of hydrogen-bond donors (Lipinski definition) is 1. The zero-order valence-corrected chi connectivity index (χ0v) is 11.9. The van der Waals surface area contributed by atoms with Crippen LogP contribution in [-0.2, 0) is 10.0 Å². The van der Waals surface area contributed by atoms with Gasteiger partial charge in [-0.15, -0.1) is 0 Å². The van der Waals surface area contributed by atoms with E-state index in [4.69, 9.17) is 5.73 Å². The molecule has 0 aliphatic carbocycles. The Morgan fingerprint density at radius 1 is 1.25 bits per heavy atom. The molecule has 1 unspecified atom stereocenters. The quantitative estimate of drug-likeness (QED) is 0.921. The van der Waals surface area contributed by atoms with Crippen LogP contribution < -0.4 is 5.73 Å². The van der Waals surface area contributed by atoms with Crippen molar-refractivity contribution in [2.45, 2.75) is 24.2 Å². The van der Waals surface area contributed by atoms with Gasteiger partial charge in [0.05, 0.1) is 4.90 Å². The normalized spacial score (nSPS) is 21.1. The maximum Gasteiger partial charge on any atom is 0.243 e. The van der Waals surface area contributed by atoms with Gasteiger partial charge in [0.2, 0.25) is 10.0 Å². The number of nitrogens with zero attached hydrogens (tertiary/aromatic N) is 1. The molecule has 0 spiro atoms. The third-order valence-electron chi connectivity index (χ3n) is 3.53. The van der Waals surface area contributed by atoms with Gasteiger partial charge in [0, 0.05) is 19.2 Å². The average Bonchev–Trinajstić information content (AvgIpc) is 2.38. The van der Waals surface area contributed by atoms with Crippen LogP contribution in [0.15, 0.2) is 23.1 Å². The fraction of sp³-hybridized carbons (Fsp3) is 0.538. The first-order chi connectivity index (χ1) is 9.43. The first kappa shape index (κ1) is 15.3. The fourth-order valence-corrected chi connectivity index (χ4v) is 4.14. The number of sulfonamides is 1. The van der Waals surface area contributed by atoms with Gasteiger partial charge in [-0.1, -0.05) is 0 Å². The van der Waals surface area contributed by atoms with Gasteiger partial charge in [0.25, 0.3) is 0 Å². The molecule has 2 N–H and O–H groups in total. The Hall–Kier alpha value is -1.05. The van der Waals surface area contributed by atoms with Crippen LogP contribution in [-0.4, -0.2) is 32.4 Å². The Bertz CT molecular complexity index is 555. The van der Waals surface area contributed by atoms with Crippen molar-refractivity contribution >= 4 is 10.0 Å². The summed E-state index contributed by atoms with van der Waals surface area (Å²) in [6, 6.07) is 2.36. The van der Waals surface area contributed by atoms with E-state index in [9.17, 15) is 17.2 Å². The topological polar surface area (TPSA) is 63.4 Å². The summed E-state index contributed by atoms with van der Waals surface area (Å²) < 4.78 is 52.5. The Morgan fingerprint density at radius 2 is 1.90 bits per heavy atom. The summed E-state index contributed by atoms with van der Waals surface area (Å²) in [7, 11) is -3.85. The Morgan fingerprint density at radius 3 is 2.50 bits per heavy atom. The van der Waals surface area contributed by atoms with Crippen molar-refractivity contribution < 1.29 is 17.2 Å². The summed E-state index contributed by atoms with van der Waals surface area (Å²) in [4.78, 5) is -0.330. The van der Waals surface area contributed by atoms with Gasteiger partial charge in [-0.3, -0.25) is 0 Å². The lowest BCUT2D eigenvalue weighted by atomic mass is 9.96. The zero-order valence-electron chi connectivity index (χ0n) is 11.1. The van der Waals surface area contributed by atoms with E-state index in [-0.39, 0.29) is 10.8 Å².